The van der Waals surface area contributed by atoms with E-state index in [1.807, 2.05) is 12.1 Å². The van der Waals surface area contributed by atoms with E-state index in [2.05, 4.69) is 17.1 Å². The first-order valence-electron chi connectivity index (χ1n) is 10.5. The van der Waals surface area contributed by atoms with Crippen molar-refractivity contribution in [2.45, 2.75) is 38.4 Å². The quantitative estimate of drug-likeness (QED) is 0.660. The smallest absolute Gasteiger partial charge is 0.246 e. The maximum Gasteiger partial charge on any atom is 0.246 e. The molecule has 2 atom stereocenters. The van der Waals surface area contributed by atoms with Gasteiger partial charge in [-0.05, 0) is 53.8 Å². The molecule has 0 saturated carbocycles. The molecule has 1 N–H and O–H groups in total. The van der Waals surface area contributed by atoms with Crippen molar-refractivity contribution >= 4 is 5.91 Å². The molecule has 168 valence electrons. The first-order chi connectivity index (χ1) is 15.0. The number of amides is 1. The van der Waals surface area contributed by atoms with Gasteiger partial charge in [0.1, 0.15) is 12.4 Å². The van der Waals surface area contributed by atoms with Crippen LogP contribution in [0.4, 0.5) is 4.39 Å². The molecule has 0 saturated heterocycles. The van der Waals surface area contributed by atoms with Gasteiger partial charge in [0.25, 0.3) is 0 Å². The van der Waals surface area contributed by atoms with Crippen LogP contribution in [0, 0.1) is 5.82 Å². The van der Waals surface area contributed by atoms with Crippen LogP contribution < -0.4 is 14.8 Å². The number of hydrogen-bond acceptors (Lipinski definition) is 5. The molecule has 3 rings (SSSR count). The fourth-order valence-electron chi connectivity index (χ4n) is 4.29. The predicted molar refractivity (Wildman–Crippen MR) is 117 cm³/mol. The van der Waals surface area contributed by atoms with Crippen LogP contribution in [0.3, 0.4) is 0 Å². The van der Waals surface area contributed by atoms with Gasteiger partial charge in [0, 0.05) is 26.2 Å². The third-order valence-corrected chi connectivity index (χ3v) is 5.77. The minimum absolute atomic E-state index is 0.0139. The van der Waals surface area contributed by atoms with Crippen molar-refractivity contribution in [2.24, 2.45) is 0 Å². The van der Waals surface area contributed by atoms with Crippen molar-refractivity contribution in [3.05, 3.63) is 58.9 Å². The molecule has 6 nitrogen and oxygen atoms in total. The Hall–Kier alpha value is -2.64. The Morgan fingerprint density at radius 1 is 1.16 bits per heavy atom. The van der Waals surface area contributed by atoms with E-state index in [1.165, 1.54) is 24.8 Å². The van der Waals surface area contributed by atoms with Crippen molar-refractivity contribution in [3.63, 3.8) is 0 Å². The zero-order valence-electron chi connectivity index (χ0n) is 18.6. The predicted octanol–water partition coefficient (Wildman–Crippen LogP) is 3.48. The van der Waals surface area contributed by atoms with Crippen molar-refractivity contribution in [1.29, 1.82) is 0 Å². The fourth-order valence-corrected chi connectivity index (χ4v) is 4.29. The Morgan fingerprint density at radius 2 is 1.84 bits per heavy atom. The second kappa shape index (κ2) is 10.6. The Balaban J connectivity index is 2.00. The van der Waals surface area contributed by atoms with Gasteiger partial charge in [-0.15, -0.1) is 0 Å². The highest BCUT2D eigenvalue weighted by molar-refractivity contribution is 5.77. The van der Waals surface area contributed by atoms with E-state index in [0.29, 0.717) is 18.0 Å². The highest BCUT2D eigenvalue weighted by Gasteiger charge is 2.35. The third-order valence-electron chi connectivity index (χ3n) is 5.77. The van der Waals surface area contributed by atoms with Crippen LogP contribution in [-0.2, 0) is 22.5 Å². The summed E-state index contributed by atoms with van der Waals surface area (Å²) in [5, 5.41) is 3.13. The van der Waals surface area contributed by atoms with Gasteiger partial charge in [-0.2, -0.15) is 0 Å². The van der Waals surface area contributed by atoms with Gasteiger partial charge in [0.2, 0.25) is 5.91 Å². The topological polar surface area (TPSA) is 60.0 Å². The fraction of sp³-hybridized carbons (Fsp3) is 0.458. The summed E-state index contributed by atoms with van der Waals surface area (Å²) < 4.78 is 29.5. The molecular weight excluding hydrogens is 399 g/mol. The van der Waals surface area contributed by atoms with E-state index >= 15 is 0 Å². The lowest BCUT2D eigenvalue weighted by molar-refractivity contribution is -0.126. The number of carbonyl (C=O) groups excluding carboxylic acids is 1. The zero-order chi connectivity index (χ0) is 22.4. The SMILES string of the molecule is CC[C@@H](NC(=O)COC)[C@@H]1c2cc(OC)c(OC)cc2CCN1Cc1ccc(F)cc1. The van der Waals surface area contributed by atoms with Gasteiger partial charge < -0.3 is 19.5 Å². The molecule has 0 bridgehead atoms. The molecule has 0 aromatic heterocycles. The minimum atomic E-state index is -0.251. The molecule has 0 unspecified atom stereocenters. The first kappa shape index (κ1) is 23.0. The Bertz CT molecular complexity index is 888. The summed E-state index contributed by atoms with van der Waals surface area (Å²) in [4.78, 5) is 14.7. The van der Waals surface area contributed by atoms with Crippen LogP contribution in [0.2, 0.25) is 0 Å². The summed E-state index contributed by atoms with van der Waals surface area (Å²) in [6.07, 6.45) is 1.59. The number of methoxy groups -OCH3 is 3. The number of hydrogen-bond donors (Lipinski definition) is 1. The summed E-state index contributed by atoms with van der Waals surface area (Å²) >= 11 is 0. The highest BCUT2D eigenvalue weighted by atomic mass is 19.1. The number of nitrogens with one attached hydrogen (secondary N) is 1. The van der Waals surface area contributed by atoms with Crippen LogP contribution in [0.5, 0.6) is 11.5 Å². The molecule has 2 aromatic rings. The molecule has 7 heteroatoms. The van der Waals surface area contributed by atoms with E-state index in [1.54, 1.807) is 26.4 Å². The van der Waals surface area contributed by atoms with Crippen LogP contribution in [0.15, 0.2) is 36.4 Å². The van der Waals surface area contributed by atoms with Crippen molar-refractivity contribution < 1.29 is 23.4 Å². The van der Waals surface area contributed by atoms with E-state index in [0.717, 1.165) is 30.5 Å². The van der Waals surface area contributed by atoms with Gasteiger partial charge in [0.15, 0.2) is 11.5 Å². The maximum absolute atomic E-state index is 13.4. The Kier molecular flexibility index (Phi) is 7.87. The lowest BCUT2D eigenvalue weighted by atomic mass is 9.86. The van der Waals surface area contributed by atoms with E-state index in [4.69, 9.17) is 14.2 Å². The lowest BCUT2D eigenvalue weighted by Gasteiger charge is -2.42. The molecule has 1 amide bonds. The number of rotatable bonds is 9. The van der Waals surface area contributed by atoms with Crippen LogP contribution in [0.1, 0.15) is 36.1 Å². The number of nitrogens with zero attached hydrogens (tertiary/aromatic N) is 1. The van der Waals surface area contributed by atoms with Gasteiger partial charge in [0.05, 0.1) is 20.3 Å². The number of halogens is 1. The average molecular weight is 431 g/mol. The molecular formula is C24H31FN2O4. The van der Waals surface area contributed by atoms with Crippen molar-refractivity contribution in [2.75, 3.05) is 34.5 Å². The normalized spacial score (nSPS) is 17.0. The second-order valence-corrected chi connectivity index (χ2v) is 7.71. The number of carbonyl (C=O) groups is 1. The summed E-state index contributed by atoms with van der Waals surface area (Å²) in [5.74, 6) is 0.958. The van der Waals surface area contributed by atoms with Crippen LogP contribution >= 0.6 is 0 Å². The van der Waals surface area contributed by atoms with Gasteiger partial charge >= 0.3 is 0 Å². The standard InChI is InChI=1S/C24H31FN2O4/c1-5-20(26-23(28)15-29-2)24-19-13-22(31-4)21(30-3)12-17(19)10-11-27(24)14-16-6-8-18(25)9-7-16/h6-9,12-13,20,24H,5,10-11,14-15H2,1-4H3,(H,26,28)/t20-,24+/m1/s1. The van der Waals surface area contributed by atoms with E-state index in [9.17, 15) is 9.18 Å². The number of ether oxygens (including phenoxy) is 3. The van der Waals surface area contributed by atoms with Crippen molar-refractivity contribution in [1.82, 2.24) is 10.2 Å². The summed E-state index contributed by atoms with van der Waals surface area (Å²) in [5.41, 5.74) is 3.31. The minimum Gasteiger partial charge on any atom is -0.493 e. The lowest BCUT2D eigenvalue weighted by Crippen LogP contribution is -2.49. The summed E-state index contributed by atoms with van der Waals surface area (Å²) in [6.45, 7) is 3.53. The molecule has 0 radical (unpaired) electrons. The van der Waals surface area contributed by atoms with Gasteiger partial charge in [-0.25, -0.2) is 4.39 Å². The zero-order valence-corrected chi connectivity index (χ0v) is 18.6. The van der Waals surface area contributed by atoms with Crippen LogP contribution in [0.25, 0.3) is 0 Å². The van der Waals surface area contributed by atoms with E-state index < -0.39 is 0 Å². The first-order valence-corrected chi connectivity index (χ1v) is 10.5. The monoisotopic (exact) mass is 430 g/mol. The molecule has 0 spiro atoms. The van der Waals surface area contributed by atoms with Crippen molar-refractivity contribution in [3.8, 4) is 11.5 Å². The summed E-state index contributed by atoms with van der Waals surface area (Å²) in [6, 6.07) is 10.4. The Labute approximate surface area is 183 Å². The second-order valence-electron chi connectivity index (χ2n) is 7.71. The molecule has 2 aromatic carbocycles. The third kappa shape index (κ3) is 5.35. The van der Waals surface area contributed by atoms with Crippen LogP contribution in [-0.4, -0.2) is 51.3 Å². The molecule has 1 aliphatic heterocycles. The Morgan fingerprint density at radius 3 is 2.45 bits per heavy atom. The number of fused-ring (bicyclic) bond motifs is 1. The van der Waals surface area contributed by atoms with Gasteiger partial charge in [-0.3, -0.25) is 9.69 Å². The summed E-state index contributed by atoms with van der Waals surface area (Å²) in [7, 11) is 4.76. The average Bonchev–Trinajstić information content (AvgIpc) is 2.78. The molecule has 0 aliphatic carbocycles. The molecule has 31 heavy (non-hydrogen) atoms. The maximum atomic E-state index is 13.4. The molecule has 0 fully saturated rings. The largest absolute Gasteiger partial charge is 0.493 e. The molecule has 1 heterocycles. The van der Waals surface area contributed by atoms with Gasteiger partial charge in [-0.1, -0.05) is 19.1 Å². The van der Waals surface area contributed by atoms with E-state index in [-0.39, 0.29) is 30.4 Å². The number of benzene rings is 2. The highest BCUT2D eigenvalue weighted by Crippen LogP contribution is 2.40. The molecule has 1 aliphatic rings.